The van der Waals surface area contributed by atoms with Gasteiger partial charge in [-0.25, -0.2) is 19.6 Å². The van der Waals surface area contributed by atoms with Gasteiger partial charge in [0.2, 0.25) is 5.13 Å². The molecule has 0 bridgehead atoms. The van der Waals surface area contributed by atoms with Crippen molar-refractivity contribution in [2.75, 3.05) is 0 Å². The Balaban J connectivity index is 1.75. The summed E-state index contributed by atoms with van der Waals surface area (Å²) in [5.41, 5.74) is 5.42. The number of nitrogens with zero attached hydrogens (tertiary/aromatic N) is 5. The highest BCUT2D eigenvalue weighted by Crippen LogP contribution is 2.35. The number of hydrogen-bond acceptors (Lipinski definition) is 5. The van der Waals surface area contributed by atoms with Crippen molar-refractivity contribution in [1.82, 2.24) is 19.7 Å². The Hall–Kier alpha value is -3.12. The molecule has 0 saturated carbocycles. The minimum atomic E-state index is 0.689. The van der Waals surface area contributed by atoms with E-state index in [9.17, 15) is 0 Å². The molecule has 0 aliphatic carbocycles. The van der Waals surface area contributed by atoms with Crippen LogP contribution in [-0.4, -0.2) is 26.0 Å². The maximum Gasteiger partial charge on any atom is 0.211 e. The zero-order valence-electron chi connectivity index (χ0n) is 14.5. The van der Waals surface area contributed by atoms with Crippen LogP contribution in [0, 0.1) is 13.8 Å². The average Bonchev–Trinajstić information content (AvgIpc) is 3.31. The summed E-state index contributed by atoms with van der Waals surface area (Å²) >= 11 is 1.49. The molecule has 6 heteroatoms. The molecule has 2 aromatic heterocycles. The molecule has 0 N–H and O–H groups in total. The van der Waals surface area contributed by atoms with E-state index in [4.69, 9.17) is 4.98 Å². The first-order valence-electron chi connectivity index (χ1n) is 8.23. The first kappa shape index (κ1) is 16.4. The van der Waals surface area contributed by atoms with E-state index in [0.717, 1.165) is 21.8 Å². The van der Waals surface area contributed by atoms with E-state index < -0.39 is 0 Å². The first-order chi connectivity index (χ1) is 12.7. The van der Waals surface area contributed by atoms with E-state index in [2.05, 4.69) is 47.1 Å². The van der Waals surface area contributed by atoms with Crippen LogP contribution >= 0.6 is 11.3 Å². The van der Waals surface area contributed by atoms with Crippen LogP contribution in [-0.2, 0) is 0 Å². The number of hydrogen-bond donors (Lipinski definition) is 0. The first-order valence-corrected chi connectivity index (χ1v) is 9.05. The van der Waals surface area contributed by atoms with Gasteiger partial charge in [0.25, 0.3) is 0 Å². The lowest BCUT2D eigenvalue weighted by Crippen LogP contribution is -1.93. The third-order valence-electron chi connectivity index (χ3n) is 4.01. The van der Waals surface area contributed by atoms with Gasteiger partial charge in [0.15, 0.2) is 0 Å². The molecule has 0 saturated heterocycles. The number of aromatic nitrogens is 4. The molecule has 4 aromatic rings. The van der Waals surface area contributed by atoms with E-state index in [1.807, 2.05) is 36.5 Å². The lowest BCUT2D eigenvalue weighted by Gasteiger charge is -2.00. The molecule has 0 aliphatic rings. The summed E-state index contributed by atoms with van der Waals surface area (Å²) < 4.78 is 1.73. The van der Waals surface area contributed by atoms with Crippen molar-refractivity contribution in [1.29, 1.82) is 0 Å². The number of benzene rings is 2. The number of thiazole rings is 1. The highest BCUT2D eigenvalue weighted by Gasteiger charge is 2.15. The van der Waals surface area contributed by atoms with Crippen LogP contribution in [0.5, 0.6) is 0 Å². The van der Waals surface area contributed by atoms with Crippen molar-refractivity contribution < 1.29 is 0 Å². The van der Waals surface area contributed by atoms with E-state index >= 15 is 0 Å². The van der Waals surface area contributed by atoms with Crippen molar-refractivity contribution in [3.8, 4) is 16.3 Å². The lowest BCUT2D eigenvalue weighted by atomic mass is 10.1. The fourth-order valence-electron chi connectivity index (χ4n) is 2.70. The fourth-order valence-corrected chi connectivity index (χ4v) is 3.57. The SMILES string of the molecule is Cc1ccc(C=Nc2nc(-c3ccccc3)c(-n3cncn3)s2)c(C)c1. The van der Waals surface area contributed by atoms with E-state index in [1.54, 1.807) is 11.0 Å². The molecule has 4 rings (SSSR count). The predicted octanol–water partition coefficient (Wildman–Crippen LogP) is 4.76. The number of rotatable bonds is 4. The van der Waals surface area contributed by atoms with Crippen LogP contribution in [0.4, 0.5) is 5.13 Å². The maximum atomic E-state index is 4.73. The third kappa shape index (κ3) is 3.32. The average molecular weight is 359 g/mol. The molecule has 0 atom stereocenters. The zero-order chi connectivity index (χ0) is 17.9. The molecular formula is C20H17N5S. The molecule has 26 heavy (non-hydrogen) atoms. The number of aliphatic imine (C=N–C) groups is 1. The normalized spacial score (nSPS) is 11.3. The molecular weight excluding hydrogens is 342 g/mol. The van der Waals surface area contributed by atoms with Crippen LogP contribution in [0.3, 0.4) is 0 Å². The second-order valence-electron chi connectivity index (χ2n) is 5.97. The van der Waals surface area contributed by atoms with Crippen LogP contribution in [0.2, 0.25) is 0 Å². The third-order valence-corrected chi connectivity index (χ3v) is 4.96. The van der Waals surface area contributed by atoms with E-state index in [0.29, 0.717) is 5.13 Å². The summed E-state index contributed by atoms with van der Waals surface area (Å²) in [5.74, 6) is 0. The van der Waals surface area contributed by atoms with E-state index in [-0.39, 0.29) is 0 Å². The van der Waals surface area contributed by atoms with Gasteiger partial charge in [0, 0.05) is 11.8 Å². The molecule has 0 fully saturated rings. The van der Waals surface area contributed by atoms with Gasteiger partial charge in [-0.05, 0) is 25.0 Å². The second-order valence-corrected chi connectivity index (χ2v) is 6.93. The van der Waals surface area contributed by atoms with Gasteiger partial charge in [-0.2, -0.15) is 5.10 Å². The summed E-state index contributed by atoms with van der Waals surface area (Å²) in [6, 6.07) is 16.4. The molecule has 0 aliphatic heterocycles. The fraction of sp³-hybridized carbons (Fsp3) is 0.100. The maximum absolute atomic E-state index is 4.73. The highest BCUT2D eigenvalue weighted by molar-refractivity contribution is 7.18. The van der Waals surface area contributed by atoms with Gasteiger partial charge >= 0.3 is 0 Å². The Labute approximate surface area is 155 Å². The Morgan fingerprint density at radius 1 is 1.08 bits per heavy atom. The zero-order valence-corrected chi connectivity index (χ0v) is 15.3. The number of aryl methyl sites for hydroxylation is 2. The van der Waals surface area contributed by atoms with Crippen molar-refractivity contribution in [3.63, 3.8) is 0 Å². The Kier molecular flexibility index (Phi) is 4.41. The molecule has 128 valence electrons. The summed E-state index contributed by atoms with van der Waals surface area (Å²) in [6.45, 7) is 4.18. The smallest absolute Gasteiger partial charge is 0.211 e. The van der Waals surface area contributed by atoms with E-state index in [1.165, 1.54) is 28.8 Å². The highest BCUT2D eigenvalue weighted by atomic mass is 32.1. The molecule has 0 spiro atoms. The van der Waals surface area contributed by atoms with Crippen molar-refractivity contribution >= 4 is 22.7 Å². The van der Waals surface area contributed by atoms with Crippen LogP contribution in [0.1, 0.15) is 16.7 Å². The molecule has 2 heterocycles. The van der Waals surface area contributed by atoms with Gasteiger partial charge in [0.05, 0.1) is 0 Å². The molecule has 0 radical (unpaired) electrons. The van der Waals surface area contributed by atoms with Crippen molar-refractivity contribution in [3.05, 3.63) is 77.9 Å². The van der Waals surface area contributed by atoms with Gasteiger partial charge in [-0.15, -0.1) is 0 Å². The quantitative estimate of drug-likeness (QED) is 0.494. The van der Waals surface area contributed by atoms with Crippen LogP contribution < -0.4 is 0 Å². The molecule has 0 amide bonds. The van der Waals surface area contributed by atoms with Gasteiger partial charge < -0.3 is 0 Å². The minimum Gasteiger partial charge on any atom is -0.227 e. The summed E-state index contributed by atoms with van der Waals surface area (Å²) in [5, 5.41) is 5.85. The summed E-state index contributed by atoms with van der Waals surface area (Å²) in [6.07, 6.45) is 5.07. The standard InChI is InChI=1S/C20H17N5S/c1-14-8-9-17(15(2)10-14)11-22-20-24-18(16-6-4-3-5-7-16)19(26-20)25-13-21-12-23-25/h3-13H,1-2H3. The van der Waals surface area contributed by atoms with Crippen LogP contribution in [0.15, 0.2) is 66.2 Å². The topological polar surface area (TPSA) is 56.0 Å². The molecule has 5 nitrogen and oxygen atoms in total. The second kappa shape index (κ2) is 7.01. The summed E-state index contributed by atoms with van der Waals surface area (Å²) in [4.78, 5) is 13.4. The minimum absolute atomic E-state index is 0.689. The van der Waals surface area contributed by atoms with Crippen molar-refractivity contribution in [2.45, 2.75) is 13.8 Å². The Bertz CT molecular complexity index is 1050. The Morgan fingerprint density at radius 3 is 2.65 bits per heavy atom. The predicted molar refractivity (Wildman–Crippen MR) is 106 cm³/mol. The monoisotopic (exact) mass is 359 g/mol. The summed E-state index contributed by atoms with van der Waals surface area (Å²) in [7, 11) is 0. The van der Waals surface area contributed by atoms with Crippen molar-refractivity contribution in [2.24, 2.45) is 4.99 Å². The largest absolute Gasteiger partial charge is 0.227 e. The van der Waals surface area contributed by atoms with Crippen LogP contribution in [0.25, 0.3) is 16.3 Å². The molecule has 0 unspecified atom stereocenters. The van der Waals surface area contributed by atoms with Gasteiger partial charge in [-0.1, -0.05) is 65.4 Å². The van der Waals surface area contributed by atoms with Gasteiger partial charge in [-0.3, -0.25) is 0 Å². The van der Waals surface area contributed by atoms with Gasteiger partial charge in [0.1, 0.15) is 23.3 Å². The Morgan fingerprint density at radius 2 is 1.92 bits per heavy atom. The molecule has 2 aromatic carbocycles. The lowest BCUT2D eigenvalue weighted by molar-refractivity contribution is 0.895.